The SMILES string of the molecule is COc1cccc2sc(N(CCN(C)C)C(=O)CCS(=O)(=O)c3ccccc3)nc12. The molecule has 0 aliphatic rings. The zero-order valence-electron chi connectivity index (χ0n) is 17.2. The van der Waals surface area contributed by atoms with Crippen molar-refractivity contribution in [2.45, 2.75) is 11.3 Å². The first-order chi connectivity index (χ1) is 14.3. The van der Waals surface area contributed by atoms with Crippen LogP contribution in [0.15, 0.2) is 53.4 Å². The first-order valence-corrected chi connectivity index (χ1v) is 11.9. The molecule has 0 saturated carbocycles. The number of thiazole rings is 1. The molecule has 0 aliphatic carbocycles. The lowest BCUT2D eigenvalue weighted by Gasteiger charge is -2.22. The molecule has 3 aromatic rings. The summed E-state index contributed by atoms with van der Waals surface area (Å²) in [5, 5.41) is 0.540. The van der Waals surface area contributed by atoms with Gasteiger partial charge in [-0.3, -0.25) is 9.69 Å². The molecule has 1 aromatic heterocycles. The number of hydrogen-bond donors (Lipinski definition) is 0. The van der Waals surface area contributed by atoms with Gasteiger partial charge in [0.1, 0.15) is 11.3 Å². The first-order valence-electron chi connectivity index (χ1n) is 9.48. The van der Waals surface area contributed by atoms with E-state index in [1.807, 2.05) is 37.2 Å². The van der Waals surface area contributed by atoms with Crippen molar-refractivity contribution >= 4 is 42.4 Å². The highest BCUT2D eigenvalue weighted by Crippen LogP contribution is 2.34. The average Bonchev–Trinajstić information content (AvgIpc) is 3.16. The highest BCUT2D eigenvalue weighted by molar-refractivity contribution is 7.91. The molecule has 0 radical (unpaired) electrons. The van der Waals surface area contributed by atoms with Gasteiger partial charge in [0.05, 0.1) is 22.5 Å². The second-order valence-corrected chi connectivity index (χ2v) is 10.2. The van der Waals surface area contributed by atoms with Crippen molar-refractivity contribution in [2.75, 3.05) is 44.9 Å². The smallest absolute Gasteiger partial charge is 0.229 e. The maximum absolute atomic E-state index is 13.0. The molecule has 9 heteroatoms. The molecule has 160 valence electrons. The number of methoxy groups -OCH3 is 1. The molecule has 0 fully saturated rings. The number of anilines is 1. The van der Waals surface area contributed by atoms with Crippen LogP contribution in [0.4, 0.5) is 5.13 Å². The molecule has 0 spiro atoms. The zero-order chi connectivity index (χ0) is 21.7. The standard InChI is InChI=1S/C21H25N3O4S2/c1-23(2)13-14-24(21-22-20-17(28-3)10-7-11-18(20)29-21)19(25)12-15-30(26,27)16-8-5-4-6-9-16/h4-11H,12-15H2,1-3H3. The Morgan fingerprint density at radius 1 is 1.07 bits per heavy atom. The van der Waals surface area contributed by atoms with Crippen molar-refractivity contribution in [3.05, 3.63) is 48.5 Å². The second kappa shape index (κ2) is 9.55. The van der Waals surface area contributed by atoms with Crippen LogP contribution in [-0.4, -0.2) is 64.3 Å². The van der Waals surface area contributed by atoms with E-state index in [1.54, 1.807) is 42.3 Å². The van der Waals surface area contributed by atoms with Gasteiger partial charge in [-0.25, -0.2) is 13.4 Å². The third kappa shape index (κ3) is 5.16. The number of rotatable bonds is 9. The Morgan fingerprint density at radius 2 is 1.80 bits per heavy atom. The number of nitrogens with zero attached hydrogens (tertiary/aromatic N) is 3. The number of fused-ring (bicyclic) bond motifs is 1. The summed E-state index contributed by atoms with van der Waals surface area (Å²) in [5.41, 5.74) is 0.694. The summed E-state index contributed by atoms with van der Waals surface area (Å²) in [6.45, 7) is 1.05. The van der Waals surface area contributed by atoms with E-state index >= 15 is 0 Å². The molecule has 1 amide bonds. The molecule has 2 aromatic carbocycles. The lowest BCUT2D eigenvalue weighted by atomic mass is 10.3. The Kier molecular flexibility index (Phi) is 7.06. The highest BCUT2D eigenvalue weighted by atomic mass is 32.2. The van der Waals surface area contributed by atoms with E-state index in [9.17, 15) is 13.2 Å². The van der Waals surface area contributed by atoms with E-state index in [0.29, 0.717) is 29.5 Å². The number of para-hydroxylation sites is 1. The summed E-state index contributed by atoms with van der Waals surface area (Å²) in [7, 11) is 1.89. The summed E-state index contributed by atoms with van der Waals surface area (Å²) in [6.07, 6.45) is -0.113. The summed E-state index contributed by atoms with van der Waals surface area (Å²) in [6, 6.07) is 13.8. The fraction of sp³-hybridized carbons (Fsp3) is 0.333. The average molecular weight is 448 g/mol. The summed E-state index contributed by atoms with van der Waals surface area (Å²) >= 11 is 1.39. The monoisotopic (exact) mass is 447 g/mol. The lowest BCUT2D eigenvalue weighted by Crippen LogP contribution is -2.37. The number of hydrogen-bond acceptors (Lipinski definition) is 7. The number of carbonyl (C=O) groups excluding carboxylic acids is 1. The Bertz CT molecular complexity index is 1110. The Hall–Kier alpha value is -2.49. The van der Waals surface area contributed by atoms with Crippen molar-refractivity contribution in [1.82, 2.24) is 9.88 Å². The van der Waals surface area contributed by atoms with Gasteiger partial charge in [-0.15, -0.1) is 0 Å². The molecule has 0 aliphatic heterocycles. The number of benzene rings is 2. The van der Waals surface area contributed by atoms with Crippen molar-refractivity contribution in [3.8, 4) is 5.75 Å². The first kappa shape index (κ1) is 22.2. The molecule has 1 heterocycles. The topological polar surface area (TPSA) is 79.8 Å². The van der Waals surface area contributed by atoms with Gasteiger partial charge in [0.2, 0.25) is 5.91 Å². The molecule has 0 N–H and O–H groups in total. The molecule has 0 atom stereocenters. The molecule has 0 saturated heterocycles. The Labute approximate surface area is 180 Å². The van der Waals surface area contributed by atoms with Gasteiger partial charge < -0.3 is 9.64 Å². The van der Waals surface area contributed by atoms with Crippen LogP contribution < -0.4 is 9.64 Å². The zero-order valence-corrected chi connectivity index (χ0v) is 18.9. The van der Waals surface area contributed by atoms with Crippen LogP contribution >= 0.6 is 11.3 Å². The molecular weight excluding hydrogens is 422 g/mol. The normalized spacial score (nSPS) is 11.7. The van der Waals surface area contributed by atoms with Crippen molar-refractivity contribution < 1.29 is 17.9 Å². The van der Waals surface area contributed by atoms with Crippen LogP contribution in [-0.2, 0) is 14.6 Å². The highest BCUT2D eigenvalue weighted by Gasteiger charge is 2.23. The van der Waals surface area contributed by atoms with Crippen LogP contribution in [0.5, 0.6) is 5.75 Å². The maximum Gasteiger partial charge on any atom is 0.229 e. The van der Waals surface area contributed by atoms with Gasteiger partial charge in [0.25, 0.3) is 0 Å². The molecular formula is C21H25N3O4S2. The number of amides is 1. The second-order valence-electron chi connectivity index (χ2n) is 7.03. The van der Waals surface area contributed by atoms with Crippen molar-refractivity contribution in [3.63, 3.8) is 0 Å². The quantitative estimate of drug-likeness (QED) is 0.502. The van der Waals surface area contributed by atoms with Gasteiger partial charge in [-0.2, -0.15) is 0 Å². The number of likely N-dealkylation sites (N-methyl/N-ethyl adjacent to an activating group) is 1. The minimum atomic E-state index is -3.53. The number of sulfone groups is 1. The molecule has 0 unspecified atom stereocenters. The van der Waals surface area contributed by atoms with Crippen LogP contribution in [0.25, 0.3) is 10.2 Å². The third-order valence-electron chi connectivity index (χ3n) is 4.58. The van der Waals surface area contributed by atoms with E-state index in [0.717, 1.165) is 4.70 Å². The predicted octanol–water partition coefficient (Wildman–Crippen LogP) is 3.06. The lowest BCUT2D eigenvalue weighted by molar-refractivity contribution is -0.118. The maximum atomic E-state index is 13.0. The molecule has 7 nitrogen and oxygen atoms in total. The van der Waals surface area contributed by atoms with Gasteiger partial charge in [-0.1, -0.05) is 35.6 Å². The minimum absolute atomic E-state index is 0.113. The van der Waals surface area contributed by atoms with E-state index in [1.165, 1.54) is 11.3 Å². The molecule has 3 rings (SSSR count). The van der Waals surface area contributed by atoms with Crippen LogP contribution in [0.3, 0.4) is 0 Å². The number of carbonyl (C=O) groups is 1. The fourth-order valence-electron chi connectivity index (χ4n) is 2.92. The van der Waals surface area contributed by atoms with E-state index < -0.39 is 9.84 Å². The predicted molar refractivity (Wildman–Crippen MR) is 120 cm³/mol. The van der Waals surface area contributed by atoms with Crippen molar-refractivity contribution in [1.29, 1.82) is 0 Å². The minimum Gasteiger partial charge on any atom is -0.494 e. The van der Waals surface area contributed by atoms with Crippen LogP contribution in [0.2, 0.25) is 0 Å². The van der Waals surface area contributed by atoms with E-state index in [2.05, 4.69) is 4.98 Å². The van der Waals surface area contributed by atoms with Gasteiger partial charge >= 0.3 is 0 Å². The Morgan fingerprint density at radius 3 is 2.47 bits per heavy atom. The van der Waals surface area contributed by atoms with Gasteiger partial charge in [-0.05, 0) is 38.4 Å². The number of aromatic nitrogens is 1. The van der Waals surface area contributed by atoms with Gasteiger partial charge in [0, 0.05) is 19.5 Å². The fourth-order valence-corrected chi connectivity index (χ4v) is 5.20. The summed E-state index contributed by atoms with van der Waals surface area (Å²) in [5.74, 6) is 0.124. The van der Waals surface area contributed by atoms with Gasteiger partial charge in [0.15, 0.2) is 15.0 Å². The third-order valence-corrected chi connectivity index (χ3v) is 7.36. The Balaban J connectivity index is 1.84. The summed E-state index contributed by atoms with van der Waals surface area (Å²) in [4.78, 5) is 21.4. The van der Waals surface area contributed by atoms with Crippen LogP contribution in [0.1, 0.15) is 6.42 Å². The van der Waals surface area contributed by atoms with Crippen LogP contribution in [0, 0.1) is 0 Å². The number of ether oxygens (including phenoxy) is 1. The van der Waals surface area contributed by atoms with Crippen molar-refractivity contribution in [2.24, 2.45) is 0 Å². The van der Waals surface area contributed by atoms with E-state index in [-0.39, 0.29) is 23.0 Å². The molecule has 30 heavy (non-hydrogen) atoms. The largest absolute Gasteiger partial charge is 0.494 e. The van der Waals surface area contributed by atoms with E-state index in [4.69, 9.17) is 4.74 Å². The summed E-state index contributed by atoms with van der Waals surface area (Å²) < 4.78 is 31.4. The molecule has 0 bridgehead atoms.